The summed E-state index contributed by atoms with van der Waals surface area (Å²) in [6.07, 6.45) is 2.85. The van der Waals surface area contributed by atoms with Gasteiger partial charge in [0.05, 0.1) is 5.92 Å². The zero-order valence-electron chi connectivity index (χ0n) is 12.7. The van der Waals surface area contributed by atoms with Crippen molar-refractivity contribution in [2.45, 2.75) is 24.7 Å². The third kappa shape index (κ3) is 3.53. The van der Waals surface area contributed by atoms with Crippen molar-refractivity contribution in [1.82, 2.24) is 10.6 Å². The molecule has 0 saturated carbocycles. The summed E-state index contributed by atoms with van der Waals surface area (Å²) in [6.45, 7) is 3.96. The van der Waals surface area contributed by atoms with Crippen molar-refractivity contribution >= 4 is 21.8 Å². The first kappa shape index (κ1) is 16.0. The molecular weight excluding hydrogens is 344 g/mol. The van der Waals surface area contributed by atoms with Gasteiger partial charge in [-0.15, -0.1) is 0 Å². The second-order valence-electron chi connectivity index (χ2n) is 6.31. The molecule has 0 aliphatic carbocycles. The predicted octanol–water partition coefficient (Wildman–Crippen LogP) is 2.22. The van der Waals surface area contributed by atoms with Gasteiger partial charge in [0, 0.05) is 36.2 Å². The van der Waals surface area contributed by atoms with Crippen LogP contribution in [0.3, 0.4) is 0 Å². The molecular formula is C17H23BrN2O2. The fourth-order valence-electron chi connectivity index (χ4n) is 3.43. The summed E-state index contributed by atoms with van der Waals surface area (Å²) in [5.74, 6) is 0.310. The van der Waals surface area contributed by atoms with Gasteiger partial charge in [-0.05, 0) is 43.5 Å². The number of carbonyl (C=O) groups excluding carboxylic acids is 1. The minimum absolute atomic E-state index is 0.0102. The maximum absolute atomic E-state index is 12.3. The maximum Gasteiger partial charge on any atom is 0.224 e. The average Bonchev–Trinajstić information content (AvgIpc) is 3.08. The van der Waals surface area contributed by atoms with Gasteiger partial charge in [0.1, 0.15) is 0 Å². The molecule has 2 N–H and O–H groups in total. The van der Waals surface area contributed by atoms with Gasteiger partial charge in [-0.2, -0.15) is 0 Å². The van der Waals surface area contributed by atoms with Gasteiger partial charge < -0.3 is 15.4 Å². The van der Waals surface area contributed by atoms with Crippen molar-refractivity contribution in [3.05, 3.63) is 34.3 Å². The Balaban J connectivity index is 1.73. The third-order valence-electron chi connectivity index (χ3n) is 4.92. The van der Waals surface area contributed by atoms with Crippen LogP contribution < -0.4 is 10.6 Å². The number of carbonyl (C=O) groups is 1. The lowest BCUT2D eigenvalue weighted by Crippen LogP contribution is -2.46. The second-order valence-corrected chi connectivity index (χ2v) is 7.23. The summed E-state index contributed by atoms with van der Waals surface area (Å²) in [7, 11) is 0. The second kappa shape index (κ2) is 7.11. The monoisotopic (exact) mass is 366 g/mol. The Hall–Kier alpha value is -0.910. The van der Waals surface area contributed by atoms with Crippen LogP contribution in [0.1, 0.15) is 24.8 Å². The summed E-state index contributed by atoms with van der Waals surface area (Å²) in [5.41, 5.74) is 1.28. The molecule has 5 heteroatoms. The average molecular weight is 367 g/mol. The van der Waals surface area contributed by atoms with Crippen molar-refractivity contribution in [2.24, 2.45) is 5.92 Å². The van der Waals surface area contributed by atoms with E-state index in [1.807, 2.05) is 6.07 Å². The molecule has 3 rings (SSSR count). The van der Waals surface area contributed by atoms with E-state index in [2.05, 4.69) is 44.8 Å². The molecule has 120 valence electrons. The normalized spacial score (nSPS) is 24.1. The smallest absolute Gasteiger partial charge is 0.224 e. The van der Waals surface area contributed by atoms with Gasteiger partial charge in [0.25, 0.3) is 0 Å². The van der Waals surface area contributed by atoms with E-state index < -0.39 is 0 Å². The molecule has 0 spiro atoms. The van der Waals surface area contributed by atoms with Gasteiger partial charge in [-0.3, -0.25) is 4.79 Å². The molecule has 1 unspecified atom stereocenters. The van der Waals surface area contributed by atoms with Crippen LogP contribution in [0.5, 0.6) is 0 Å². The van der Waals surface area contributed by atoms with E-state index in [9.17, 15) is 4.79 Å². The fourth-order valence-corrected chi connectivity index (χ4v) is 3.83. The highest BCUT2D eigenvalue weighted by atomic mass is 79.9. The molecule has 1 amide bonds. The first-order valence-corrected chi connectivity index (χ1v) is 8.81. The van der Waals surface area contributed by atoms with Crippen LogP contribution in [0, 0.1) is 5.92 Å². The van der Waals surface area contributed by atoms with Crippen LogP contribution in [0.4, 0.5) is 0 Å². The number of hydrogen-bond donors (Lipinski definition) is 2. The van der Waals surface area contributed by atoms with Crippen LogP contribution in [-0.4, -0.2) is 38.8 Å². The summed E-state index contributed by atoms with van der Waals surface area (Å²) < 4.78 is 6.63. The molecule has 2 aliphatic heterocycles. The van der Waals surface area contributed by atoms with Crippen LogP contribution in [0.15, 0.2) is 28.7 Å². The summed E-state index contributed by atoms with van der Waals surface area (Å²) in [4.78, 5) is 12.3. The standard InChI is InChI=1S/C17H23BrN2O2/c18-15-3-1-2-14(10-15)17(5-8-22-9-6-17)12-20-16(21)13-4-7-19-11-13/h1-3,10,13,19H,4-9,11-12H2,(H,20,21). The van der Waals surface area contributed by atoms with Gasteiger partial charge in [-0.25, -0.2) is 0 Å². The van der Waals surface area contributed by atoms with Crippen LogP contribution in [0.2, 0.25) is 0 Å². The SMILES string of the molecule is O=C(NCC1(c2cccc(Br)c2)CCOCC1)C1CCNC1. The molecule has 0 radical (unpaired) electrons. The number of halogens is 1. The Kier molecular flexibility index (Phi) is 5.16. The van der Waals surface area contributed by atoms with Gasteiger partial charge >= 0.3 is 0 Å². The number of rotatable bonds is 4. The lowest BCUT2D eigenvalue weighted by Gasteiger charge is -2.38. The lowest BCUT2D eigenvalue weighted by molar-refractivity contribution is -0.124. The van der Waals surface area contributed by atoms with E-state index in [1.54, 1.807) is 0 Å². The zero-order chi connectivity index (χ0) is 15.4. The molecule has 2 aliphatic rings. The van der Waals surface area contributed by atoms with E-state index in [0.717, 1.165) is 50.0 Å². The molecule has 1 aromatic rings. The Morgan fingerprint density at radius 1 is 1.41 bits per heavy atom. The van der Waals surface area contributed by atoms with Crippen molar-refractivity contribution in [1.29, 1.82) is 0 Å². The molecule has 1 atom stereocenters. The zero-order valence-corrected chi connectivity index (χ0v) is 14.3. The highest BCUT2D eigenvalue weighted by molar-refractivity contribution is 9.10. The Bertz CT molecular complexity index is 523. The van der Waals surface area contributed by atoms with E-state index in [0.29, 0.717) is 6.54 Å². The van der Waals surface area contributed by atoms with E-state index in [4.69, 9.17) is 4.74 Å². The number of hydrogen-bond acceptors (Lipinski definition) is 3. The lowest BCUT2D eigenvalue weighted by atomic mass is 9.74. The molecule has 2 fully saturated rings. The Labute approximate surface area is 140 Å². The van der Waals surface area contributed by atoms with Crippen molar-refractivity contribution in [2.75, 3.05) is 32.8 Å². The summed E-state index contributed by atoms with van der Waals surface area (Å²) in [6, 6.07) is 8.45. The Morgan fingerprint density at radius 3 is 2.91 bits per heavy atom. The summed E-state index contributed by atoms with van der Waals surface area (Å²) in [5, 5.41) is 6.46. The third-order valence-corrected chi connectivity index (χ3v) is 5.41. The molecule has 4 nitrogen and oxygen atoms in total. The molecule has 2 heterocycles. The molecule has 0 bridgehead atoms. The number of nitrogens with one attached hydrogen (secondary N) is 2. The van der Waals surface area contributed by atoms with Gasteiger partial charge in [0.2, 0.25) is 5.91 Å². The van der Waals surface area contributed by atoms with E-state index >= 15 is 0 Å². The van der Waals surface area contributed by atoms with E-state index in [1.165, 1.54) is 5.56 Å². The minimum atomic E-state index is -0.0102. The highest BCUT2D eigenvalue weighted by Gasteiger charge is 2.35. The first-order valence-electron chi connectivity index (χ1n) is 8.02. The summed E-state index contributed by atoms with van der Waals surface area (Å²) >= 11 is 3.56. The van der Waals surface area contributed by atoms with Crippen molar-refractivity contribution < 1.29 is 9.53 Å². The molecule has 0 aromatic heterocycles. The Morgan fingerprint density at radius 2 is 2.23 bits per heavy atom. The maximum atomic E-state index is 12.3. The van der Waals surface area contributed by atoms with E-state index in [-0.39, 0.29) is 17.2 Å². The highest BCUT2D eigenvalue weighted by Crippen LogP contribution is 2.35. The van der Waals surface area contributed by atoms with Gasteiger partial charge in [0.15, 0.2) is 0 Å². The quantitative estimate of drug-likeness (QED) is 0.858. The fraction of sp³-hybridized carbons (Fsp3) is 0.588. The number of benzene rings is 1. The van der Waals surface area contributed by atoms with Crippen molar-refractivity contribution in [3.8, 4) is 0 Å². The topological polar surface area (TPSA) is 50.4 Å². The number of ether oxygens (including phenoxy) is 1. The van der Waals surface area contributed by atoms with Crippen molar-refractivity contribution in [3.63, 3.8) is 0 Å². The molecule has 22 heavy (non-hydrogen) atoms. The number of amides is 1. The van der Waals surface area contributed by atoms with Crippen LogP contribution in [-0.2, 0) is 14.9 Å². The first-order chi connectivity index (χ1) is 10.7. The van der Waals surface area contributed by atoms with Gasteiger partial charge in [-0.1, -0.05) is 28.1 Å². The van der Waals surface area contributed by atoms with Crippen LogP contribution >= 0.6 is 15.9 Å². The van der Waals surface area contributed by atoms with Crippen LogP contribution in [0.25, 0.3) is 0 Å². The largest absolute Gasteiger partial charge is 0.381 e. The minimum Gasteiger partial charge on any atom is -0.381 e. The predicted molar refractivity (Wildman–Crippen MR) is 89.9 cm³/mol. The molecule has 2 saturated heterocycles. The molecule has 1 aromatic carbocycles.